The largest absolute Gasteiger partial charge is 0.395 e. The number of nitrogens with zero attached hydrogens (tertiary/aromatic N) is 2. The normalized spacial score (nSPS) is 14.7. The lowest BCUT2D eigenvalue weighted by molar-refractivity contribution is -0.123. The number of nitrogens with two attached hydrogens (primary N) is 2. The van der Waals surface area contributed by atoms with Gasteiger partial charge in [0.2, 0.25) is 5.91 Å². The second kappa shape index (κ2) is 11.7. The summed E-state index contributed by atoms with van der Waals surface area (Å²) in [6.07, 6.45) is 4.84. The number of anilines is 2. The minimum Gasteiger partial charge on any atom is -0.395 e. The van der Waals surface area contributed by atoms with E-state index in [1.54, 1.807) is 12.1 Å². The number of benzene rings is 2. The van der Waals surface area contributed by atoms with Crippen molar-refractivity contribution in [2.24, 2.45) is 5.73 Å². The Bertz CT molecular complexity index is 1300. The van der Waals surface area contributed by atoms with Gasteiger partial charge in [0.15, 0.2) is 5.69 Å². The summed E-state index contributed by atoms with van der Waals surface area (Å²) in [4.78, 5) is 41.1. The highest BCUT2D eigenvalue weighted by Crippen LogP contribution is 2.34. The maximum Gasteiger partial charge on any atom is 0.273 e. The highest BCUT2D eigenvalue weighted by molar-refractivity contribution is 7.09. The summed E-state index contributed by atoms with van der Waals surface area (Å²) < 4.78 is 17.9. The number of nitrogens with one attached hydrogen (secondary N) is 1. The lowest BCUT2D eigenvalue weighted by Crippen LogP contribution is -2.47. The summed E-state index contributed by atoms with van der Waals surface area (Å²) in [5, 5.41) is 3.11. The number of carbonyl (C=O) groups excluding carboxylic acids is 3. The zero-order valence-electron chi connectivity index (χ0n) is 21.4. The molecule has 1 aliphatic carbocycles. The van der Waals surface area contributed by atoms with Gasteiger partial charge in [-0.25, -0.2) is 4.39 Å². The van der Waals surface area contributed by atoms with Gasteiger partial charge in [-0.3, -0.25) is 19.3 Å². The molecule has 1 aliphatic rings. The van der Waals surface area contributed by atoms with E-state index in [-0.39, 0.29) is 34.1 Å². The third-order valence-electron chi connectivity index (χ3n) is 6.86. The van der Waals surface area contributed by atoms with Crippen LogP contribution in [0.1, 0.15) is 89.2 Å². The van der Waals surface area contributed by atoms with E-state index in [1.165, 1.54) is 29.2 Å². The predicted octanol–water partition coefficient (Wildman–Crippen LogP) is 4.92. The first kappa shape index (κ1) is 27.3. The minimum absolute atomic E-state index is 0.00989. The summed E-state index contributed by atoms with van der Waals surface area (Å²) in [6, 6.07) is 11.7. The van der Waals surface area contributed by atoms with Crippen LogP contribution in [0.2, 0.25) is 0 Å². The highest BCUT2D eigenvalue weighted by atomic mass is 32.1. The van der Waals surface area contributed by atoms with Gasteiger partial charge in [-0.1, -0.05) is 57.4 Å². The second-order valence-electron chi connectivity index (χ2n) is 9.86. The van der Waals surface area contributed by atoms with Crippen LogP contribution in [0.25, 0.3) is 0 Å². The molecule has 0 aliphatic heterocycles. The second-order valence-corrected chi connectivity index (χ2v) is 10.6. The molecule has 0 bridgehead atoms. The van der Waals surface area contributed by atoms with Crippen LogP contribution >= 0.6 is 11.5 Å². The zero-order valence-corrected chi connectivity index (χ0v) is 22.3. The lowest BCUT2D eigenvalue weighted by atomic mass is 9.94. The molecule has 1 fully saturated rings. The number of nitrogen functional groups attached to an aromatic ring is 1. The van der Waals surface area contributed by atoms with Crippen LogP contribution in [-0.2, 0) is 4.79 Å². The zero-order chi connectivity index (χ0) is 27.4. The molecule has 200 valence electrons. The Hall–Kier alpha value is -3.79. The van der Waals surface area contributed by atoms with Crippen LogP contribution in [-0.4, -0.2) is 28.1 Å². The fourth-order valence-corrected chi connectivity index (χ4v) is 5.47. The van der Waals surface area contributed by atoms with Crippen molar-refractivity contribution < 1.29 is 18.8 Å². The molecule has 4 rings (SSSR count). The predicted molar refractivity (Wildman–Crippen MR) is 147 cm³/mol. The molecule has 2 aromatic carbocycles. The van der Waals surface area contributed by atoms with Crippen molar-refractivity contribution in [3.63, 3.8) is 0 Å². The molecule has 8 nitrogen and oxygen atoms in total. The number of rotatable bonds is 8. The van der Waals surface area contributed by atoms with E-state index < -0.39 is 23.7 Å². The van der Waals surface area contributed by atoms with Crippen LogP contribution in [0.15, 0.2) is 48.5 Å². The van der Waals surface area contributed by atoms with E-state index in [0.29, 0.717) is 11.3 Å². The molecule has 1 saturated carbocycles. The van der Waals surface area contributed by atoms with Crippen LogP contribution in [0.4, 0.5) is 15.8 Å². The number of hydrogen-bond donors (Lipinski definition) is 3. The molecular weight excluding hydrogens is 505 g/mol. The average Bonchev–Trinajstić information content (AvgIpc) is 3.29. The number of amides is 3. The van der Waals surface area contributed by atoms with Gasteiger partial charge in [0.25, 0.3) is 11.8 Å². The third-order valence-corrected chi connectivity index (χ3v) is 7.71. The fraction of sp³-hybridized carbons (Fsp3) is 0.357. The smallest absolute Gasteiger partial charge is 0.273 e. The van der Waals surface area contributed by atoms with Crippen LogP contribution in [0.5, 0.6) is 0 Å². The van der Waals surface area contributed by atoms with Gasteiger partial charge in [-0.05, 0) is 65.7 Å². The number of primary amides is 1. The molecule has 1 heterocycles. The summed E-state index contributed by atoms with van der Waals surface area (Å²) in [5.41, 5.74) is 13.1. The van der Waals surface area contributed by atoms with Gasteiger partial charge in [-0.2, -0.15) is 4.37 Å². The first-order valence-corrected chi connectivity index (χ1v) is 13.5. The number of aromatic nitrogens is 1. The van der Waals surface area contributed by atoms with E-state index in [9.17, 15) is 18.8 Å². The molecule has 0 saturated heterocycles. The van der Waals surface area contributed by atoms with Crippen molar-refractivity contribution in [2.75, 3.05) is 10.6 Å². The van der Waals surface area contributed by atoms with Crippen molar-refractivity contribution in [1.29, 1.82) is 0 Å². The van der Waals surface area contributed by atoms with Gasteiger partial charge in [0.1, 0.15) is 16.7 Å². The SMILES string of the molecule is CC(C)c1ccc(N(C(=O)c2snc(C(N)=O)c2N)[C@@H](C(=O)NC2CCCCC2)c2ccc(F)cc2)cc1. The molecule has 1 atom stereocenters. The summed E-state index contributed by atoms with van der Waals surface area (Å²) in [7, 11) is 0. The lowest BCUT2D eigenvalue weighted by Gasteiger charge is -2.33. The van der Waals surface area contributed by atoms with E-state index >= 15 is 0 Å². The van der Waals surface area contributed by atoms with Gasteiger partial charge < -0.3 is 16.8 Å². The van der Waals surface area contributed by atoms with E-state index in [0.717, 1.165) is 49.2 Å². The molecule has 38 heavy (non-hydrogen) atoms. The van der Waals surface area contributed by atoms with E-state index in [4.69, 9.17) is 11.5 Å². The summed E-state index contributed by atoms with van der Waals surface area (Å²) >= 11 is 0.747. The van der Waals surface area contributed by atoms with Crippen molar-refractivity contribution in [3.8, 4) is 0 Å². The molecule has 1 aromatic heterocycles. The van der Waals surface area contributed by atoms with E-state index in [2.05, 4.69) is 23.5 Å². The van der Waals surface area contributed by atoms with Crippen molar-refractivity contribution in [3.05, 3.63) is 76.0 Å². The van der Waals surface area contributed by atoms with Crippen LogP contribution in [0, 0.1) is 5.82 Å². The first-order valence-electron chi connectivity index (χ1n) is 12.7. The van der Waals surface area contributed by atoms with Crippen LogP contribution < -0.4 is 21.7 Å². The Morgan fingerprint density at radius 1 is 1.00 bits per heavy atom. The maximum absolute atomic E-state index is 14.1. The number of hydrogen-bond acceptors (Lipinski definition) is 6. The Morgan fingerprint density at radius 3 is 2.16 bits per heavy atom. The third kappa shape index (κ3) is 5.85. The van der Waals surface area contributed by atoms with Gasteiger partial charge >= 0.3 is 0 Å². The Balaban J connectivity index is 1.84. The molecule has 3 amide bonds. The maximum atomic E-state index is 14.1. The minimum atomic E-state index is -1.13. The van der Waals surface area contributed by atoms with Crippen molar-refractivity contribution in [1.82, 2.24) is 9.69 Å². The van der Waals surface area contributed by atoms with Crippen molar-refractivity contribution >= 4 is 40.6 Å². The van der Waals surface area contributed by atoms with Gasteiger partial charge in [-0.15, -0.1) is 0 Å². The highest BCUT2D eigenvalue weighted by Gasteiger charge is 2.37. The molecular formula is C28H32FN5O3S. The number of carbonyl (C=O) groups is 3. The Kier molecular flexibility index (Phi) is 8.41. The van der Waals surface area contributed by atoms with Crippen molar-refractivity contribution in [2.45, 2.75) is 64.0 Å². The van der Waals surface area contributed by atoms with Gasteiger partial charge in [0.05, 0.1) is 5.69 Å². The average molecular weight is 538 g/mol. The summed E-state index contributed by atoms with van der Waals surface area (Å²) in [5.74, 6) is -2.06. The first-order chi connectivity index (χ1) is 18.2. The Labute approximate surface area is 225 Å². The molecule has 0 spiro atoms. The standard InChI is InChI=1S/C28H32FN5O3S/c1-16(2)17-10-14-21(15-11-17)34(28(37)25-22(30)23(26(31)35)33-38-25)24(18-8-12-19(29)13-9-18)27(36)32-20-6-4-3-5-7-20/h8-16,20,24H,3-7,30H2,1-2H3,(H2,31,35)(H,32,36)/t24-/m1/s1. The quantitative estimate of drug-likeness (QED) is 0.375. The van der Waals surface area contributed by atoms with E-state index in [1.807, 2.05) is 12.1 Å². The molecule has 0 unspecified atom stereocenters. The molecule has 10 heteroatoms. The molecule has 0 radical (unpaired) electrons. The molecule has 5 N–H and O–H groups in total. The molecule has 3 aromatic rings. The monoisotopic (exact) mass is 537 g/mol. The summed E-state index contributed by atoms with van der Waals surface area (Å²) in [6.45, 7) is 4.11. The fourth-order valence-electron chi connectivity index (χ4n) is 4.73. The number of halogens is 1. The Morgan fingerprint density at radius 2 is 1.61 bits per heavy atom. The van der Waals surface area contributed by atoms with Gasteiger partial charge in [0, 0.05) is 11.7 Å². The topological polar surface area (TPSA) is 131 Å². The van der Waals surface area contributed by atoms with Crippen LogP contribution in [0.3, 0.4) is 0 Å².